The van der Waals surface area contributed by atoms with Crippen LogP contribution in [0.3, 0.4) is 0 Å². The molecule has 1 amide bonds. The molecule has 1 aromatic heterocycles. The highest BCUT2D eigenvalue weighted by molar-refractivity contribution is 9.10. The van der Waals surface area contributed by atoms with Gasteiger partial charge in [-0.1, -0.05) is 0 Å². The van der Waals surface area contributed by atoms with E-state index in [1.807, 2.05) is 16.7 Å². The predicted octanol–water partition coefficient (Wildman–Crippen LogP) is 2.16. The van der Waals surface area contributed by atoms with Crippen molar-refractivity contribution in [3.63, 3.8) is 0 Å². The van der Waals surface area contributed by atoms with Crippen LogP contribution in [0.15, 0.2) is 21.2 Å². The molecule has 0 spiro atoms. The van der Waals surface area contributed by atoms with Crippen molar-refractivity contribution in [1.29, 1.82) is 0 Å². The van der Waals surface area contributed by atoms with Gasteiger partial charge in [0.1, 0.15) is 0 Å². The molecule has 0 aromatic carbocycles. The Balaban J connectivity index is 2.09. The van der Waals surface area contributed by atoms with Gasteiger partial charge in [0, 0.05) is 24.4 Å². The highest BCUT2D eigenvalue weighted by Crippen LogP contribution is 2.26. The maximum absolute atomic E-state index is 12.3. The number of nitrogens with zero attached hydrogens (tertiary/aromatic N) is 2. The molecule has 0 bridgehead atoms. The van der Waals surface area contributed by atoms with E-state index < -0.39 is 0 Å². The van der Waals surface area contributed by atoms with Crippen LogP contribution in [0.25, 0.3) is 0 Å². The maximum atomic E-state index is 12.3. The second-order valence-electron chi connectivity index (χ2n) is 4.62. The number of hydrogen-bond donors (Lipinski definition) is 0. The number of carbonyl (C=O) groups is 1. The van der Waals surface area contributed by atoms with Crippen LogP contribution in [-0.4, -0.2) is 60.4 Å². The Hall–Kier alpha value is -0.460. The Morgan fingerprint density at radius 3 is 2.67 bits per heavy atom. The summed E-state index contributed by atoms with van der Waals surface area (Å²) in [4.78, 5) is 16.3. The van der Waals surface area contributed by atoms with Gasteiger partial charge < -0.3 is 14.2 Å². The third-order valence-corrected chi connectivity index (χ3v) is 4.77. The molecule has 0 saturated carbocycles. The normalized spacial score (nSPS) is 23.9. The maximum Gasteiger partial charge on any atom is 0.289 e. The van der Waals surface area contributed by atoms with E-state index in [0.29, 0.717) is 21.7 Å². The molecule has 0 unspecified atom stereocenters. The minimum atomic E-state index is -0.0240. The number of hydrogen-bond acceptors (Lipinski definition) is 4. The van der Waals surface area contributed by atoms with Gasteiger partial charge in [0.15, 0.2) is 10.4 Å². The van der Waals surface area contributed by atoms with Gasteiger partial charge in [-0.25, -0.2) is 0 Å². The van der Waals surface area contributed by atoms with Gasteiger partial charge in [-0.3, -0.25) is 4.79 Å². The summed E-state index contributed by atoms with van der Waals surface area (Å²) in [5.41, 5.74) is 0. The van der Waals surface area contributed by atoms with E-state index in [1.165, 1.54) is 0 Å². The van der Waals surface area contributed by atoms with E-state index in [4.69, 9.17) is 4.42 Å². The van der Waals surface area contributed by atoms with Crippen molar-refractivity contribution in [3.05, 3.63) is 22.6 Å². The lowest BCUT2D eigenvalue weighted by Gasteiger charge is -2.23. The number of likely N-dealkylation sites (N-methyl/N-ethyl adjacent to an activating group) is 1. The molecular formula is C12H17BrN2O2S. The number of halogens is 1. The molecule has 1 aliphatic heterocycles. The van der Waals surface area contributed by atoms with E-state index in [-0.39, 0.29) is 5.91 Å². The van der Waals surface area contributed by atoms with E-state index >= 15 is 0 Å². The Morgan fingerprint density at radius 2 is 2.22 bits per heavy atom. The molecule has 0 radical (unpaired) electrons. The largest absolute Gasteiger partial charge is 0.444 e. The second-order valence-corrected chi connectivity index (χ2v) is 6.48. The smallest absolute Gasteiger partial charge is 0.289 e. The van der Waals surface area contributed by atoms with Crippen LogP contribution >= 0.6 is 27.7 Å². The number of carbonyl (C=O) groups excluding carboxylic acids is 1. The molecule has 2 rings (SSSR count). The van der Waals surface area contributed by atoms with Gasteiger partial charge in [0.05, 0.1) is 0 Å². The van der Waals surface area contributed by atoms with Crippen LogP contribution in [0.5, 0.6) is 0 Å². The molecule has 1 aliphatic rings. The third kappa shape index (κ3) is 2.75. The predicted molar refractivity (Wildman–Crippen MR) is 77.1 cm³/mol. The van der Waals surface area contributed by atoms with Crippen molar-refractivity contribution in [1.82, 2.24) is 9.80 Å². The third-order valence-electron chi connectivity index (χ3n) is 3.27. The lowest BCUT2D eigenvalue weighted by atomic mass is 10.2. The van der Waals surface area contributed by atoms with Gasteiger partial charge in [0.25, 0.3) is 5.91 Å². The molecular weight excluding hydrogens is 316 g/mol. The summed E-state index contributed by atoms with van der Waals surface area (Å²) in [6, 6.07) is 3.87. The van der Waals surface area contributed by atoms with E-state index in [9.17, 15) is 4.79 Å². The highest BCUT2D eigenvalue weighted by Gasteiger charge is 2.37. The average Bonchev–Trinajstić information content (AvgIpc) is 2.93. The summed E-state index contributed by atoms with van der Waals surface area (Å²) in [5, 5.41) is 0.461. The standard InChI is InChI=1S/C12H17BrN2O2S/c1-14(2)8-6-15(7-10(8)18-3)12(16)9-4-5-11(13)17-9/h4-5,8,10H,6-7H2,1-3H3/t8-,10-/m1/s1. The fraction of sp³-hybridized carbons (Fsp3) is 0.583. The Labute approximate surface area is 120 Å². The minimum absolute atomic E-state index is 0.0240. The number of thioether (sulfide) groups is 1. The van der Waals surface area contributed by atoms with Crippen molar-refractivity contribution in [2.45, 2.75) is 11.3 Å². The number of rotatable bonds is 3. The average molecular weight is 333 g/mol. The molecule has 100 valence electrons. The topological polar surface area (TPSA) is 36.7 Å². The molecule has 0 aliphatic carbocycles. The summed E-state index contributed by atoms with van der Waals surface area (Å²) in [5.74, 6) is 0.380. The first-order valence-corrected chi connectivity index (χ1v) is 7.85. The van der Waals surface area contributed by atoms with Gasteiger partial charge >= 0.3 is 0 Å². The SMILES string of the molecule is CS[C@@H]1CN(C(=O)c2ccc(Br)o2)C[C@H]1N(C)C. The molecule has 2 heterocycles. The number of likely N-dealkylation sites (tertiary alicyclic amines) is 1. The van der Waals surface area contributed by atoms with Gasteiger partial charge in [-0.15, -0.1) is 0 Å². The van der Waals surface area contributed by atoms with E-state index in [0.717, 1.165) is 13.1 Å². The van der Waals surface area contributed by atoms with Crippen molar-refractivity contribution in [3.8, 4) is 0 Å². The second kappa shape index (κ2) is 5.67. The molecule has 2 atom stereocenters. The zero-order chi connectivity index (χ0) is 13.3. The zero-order valence-corrected chi connectivity index (χ0v) is 13.1. The monoisotopic (exact) mass is 332 g/mol. The molecule has 4 nitrogen and oxygen atoms in total. The van der Waals surface area contributed by atoms with Crippen LogP contribution in [0.1, 0.15) is 10.6 Å². The Morgan fingerprint density at radius 1 is 1.50 bits per heavy atom. The first-order valence-electron chi connectivity index (χ1n) is 5.76. The molecule has 1 fully saturated rings. The summed E-state index contributed by atoms with van der Waals surface area (Å²) in [6.45, 7) is 1.54. The van der Waals surface area contributed by atoms with Crippen molar-refractivity contribution in [2.24, 2.45) is 0 Å². The quantitative estimate of drug-likeness (QED) is 0.849. The number of furan rings is 1. The molecule has 1 saturated heterocycles. The Kier molecular flexibility index (Phi) is 4.40. The highest BCUT2D eigenvalue weighted by atomic mass is 79.9. The zero-order valence-electron chi connectivity index (χ0n) is 10.7. The summed E-state index contributed by atoms with van der Waals surface area (Å²) >= 11 is 5.03. The van der Waals surface area contributed by atoms with Gasteiger partial charge in [0.2, 0.25) is 0 Å². The molecule has 0 N–H and O–H groups in total. The fourth-order valence-electron chi connectivity index (χ4n) is 2.24. The molecule has 6 heteroatoms. The van der Waals surface area contributed by atoms with Crippen LogP contribution in [0.4, 0.5) is 0 Å². The van der Waals surface area contributed by atoms with Gasteiger partial charge in [-0.2, -0.15) is 11.8 Å². The van der Waals surface area contributed by atoms with Crippen molar-refractivity contribution < 1.29 is 9.21 Å². The van der Waals surface area contributed by atoms with Crippen LogP contribution in [0, 0.1) is 0 Å². The van der Waals surface area contributed by atoms with Crippen LogP contribution < -0.4 is 0 Å². The summed E-state index contributed by atoms with van der Waals surface area (Å²) in [6.07, 6.45) is 2.10. The lowest BCUT2D eigenvalue weighted by Crippen LogP contribution is -2.37. The van der Waals surface area contributed by atoms with Crippen LogP contribution in [-0.2, 0) is 0 Å². The first-order chi connectivity index (χ1) is 8.52. The minimum Gasteiger partial charge on any atom is -0.444 e. The van der Waals surface area contributed by atoms with Crippen LogP contribution in [0.2, 0.25) is 0 Å². The van der Waals surface area contributed by atoms with E-state index in [1.54, 1.807) is 12.1 Å². The summed E-state index contributed by atoms with van der Waals surface area (Å²) in [7, 11) is 4.12. The molecule has 1 aromatic rings. The van der Waals surface area contributed by atoms with Crippen molar-refractivity contribution >= 4 is 33.6 Å². The van der Waals surface area contributed by atoms with E-state index in [2.05, 4.69) is 41.2 Å². The van der Waals surface area contributed by atoms with Gasteiger partial charge in [-0.05, 0) is 48.4 Å². The fourth-order valence-corrected chi connectivity index (χ4v) is 3.51. The Bertz CT molecular complexity index is 435. The summed E-state index contributed by atoms with van der Waals surface area (Å²) < 4.78 is 5.92. The lowest BCUT2D eigenvalue weighted by molar-refractivity contribution is 0.0750. The first kappa shape index (κ1) is 14.0. The number of amides is 1. The molecule has 18 heavy (non-hydrogen) atoms. The van der Waals surface area contributed by atoms with Crippen molar-refractivity contribution in [2.75, 3.05) is 33.4 Å².